The Hall–Kier alpha value is -1.30. The number of anilines is 1. The van der Waals surface area contributed by atoms with Gasteiger partial charge in [0, 0.05) is 15.7 Å². The highest BCUT2D eigenvalue weighted by molar-refractivity contribution is 6.40. The summed E-state index contributed by atoms with van der Waals surface area (Å²) in [4.78, 5) is 23.5. The fourth-order valence-corrected chi connectivity index (χ4v) is 2.34. The summed E-state index contributed by atoms with van der Waals surface area (Å²) >= 11 is 11.6. The average Bonchev–Trinajstić information content (AvgIpc) is 2.35. The van der Waals surface area contributed by atoms with E-state index in [9.17, 15) is 14.7 Å². The first kappa shape index (κ1) is 17.8. The molecule has 0 aliphatic rings. The predicted octanol–water partition coefficient (Wildman–Crippen LogP) is 2.46. The minimum atomic E-state index is -0.837. The monoisotopic (exact) mass is 332 g/mol. The van der Waals surface area contributed by atoms with Crippen LogP contribution < -0.4 is 10.6 Å². The molecule has 1 rings (SSSR count). The van der Waals surface area contributed by atoms with E-state index in [2.05, 4.69) is 10.6 Å². The largest absolute Gasteiger partial charge is 0.394 e. The lowest BCUT2D eigenvalue weighted by Gasteiger charge is -2.17. The van der Waals surface area contributed by atoms with E-state index in [0.717, 1.165) is 0 Å². The molecule has 0 aliphatic carbocycles. The van der Waals surface area contributed by atoms with E-state index in [0.29, 0.717) is 22.2 Å². The topological polar surface area (TPSA) is 78.4 Å². The molecule has 1 aromatic rings. The normalized spacial score (nSPS) is 12.1. The van der Waals surface area contributed by atoms with Crippen molar-refractivity contribution in [1.82, 2.24) is 5.32 Å². The van der Waals surface area contributed by atoms with Crippen LogP contribution in [0, 0.1) is 5.92 Å². The van der Waals surface area contributed by atoms with Crippen LogP contribution in [0.15, 0.2) is 18.2 Å². The highest BCUT2D eigenvalue weighted by Gasteiger charge is 2.19. The number of rotatable bonds is 5. The Bertz CT molecular complexity index is 501. The van der Waals surface area contributed by atoms with E-state index in [1.165, 1.54) is 18.2 Å². The summed E-state index contributed by atoms with van der Waals surface area (Å²) in [6, 6.07) is 4.03. The minimum absolute atomic E-state index is 0.222. The van der Waals surface area contributed by atoms with Crippen molar-refractivity contribution in [2.24, 2.45) is 5.92 Å². The third-order valence-corrected chi connectivity index (χ3v) is 3.07. The van der Waals surface area contributed by atoms with Crippen molar-refractivity contribution in [3.63, 3.8) is 0 Å². The number of hydrogen-bond acceptors (Lipinski definition) is 3. The third-order valence-electron chi connectivity index (χ3n) is 2.64. The van der Waals surface area contributed by atoms with Gasteiger partial charge in [-0.15, -0.1) is 0 Å². The Kier molecular flexibility index (Phi) is 6.95. The summed E-state index contributed by atoms with van der Waals surface area (Å²) in [6.07, 6.45) is 0.582. The number of nitrogens with one attached hydrogen (secondary N) is 2. The number of halogens is 2. The molecule has 0 spiro atoms. The van der Waals surface area contributed by atoms with Crippen LogP contribution >= 0.6 is 23.2 Å². The van der Waals surface area contributed by atoms with Crippen molar-refractivity contribution in [2.75, 3.05) is 11.9 Å². The van der Waals surface area contributed by atoms with Gasteiger partial charge in [0.15, 0.2) is 0 Å². The summed E-state index contributed by atoms with van der Waals surface area (Å²) in [5, 5.41) is 14.8. The Morgan fingerprint density at radius 2 is 1.71 bits per heavy atom. The van der Waals surface area contributed by atoms with Gasteiger partial charge in [0.2, 0.25) is 0 Å². The molecule has 7 heteroatoms. The van der Waals surface area contributed by atoms with Crippen LogP contribution in [0.1, 0.15) is 20.3 Å². The minimum Gasteiger partial charge on any atom is -0.394 e. The number of hydrogen-bond donors (Lipinski definition) is 3. The highest BCUT2D eigenvalue weighted by Crippen LogP contribution is 2.22. The number of carbonyl (C=O) groups is 2. The first-order chi connectivity index (χ1) is 9.81. The first-order valence-electron chi connectivity index (χ1n) is 6.50. The van der Waals surface area contributed by atoms with Gasteiger partial charge >= 0.3 is 11.8 Å². The molecule has 2 amide bonds. The van der Waals surface area contributed by atoms with E-state index < -0.39 is 17.9 Å². The molecule has 0 heterocycles. The van der Waals surface area contributed by atoms with Gasteiger partial charge in [-0.05, 0) is 30.5 Å². The van der Waals surface area contributed by atoms with Gasteiger partial charge in [-0.2, -0.15) is 0 Å². The van der Waals surface area contributed by atoms with Crippen molar-refractivity contribution in [2.45, 2.75) is 26.3 Å². The van der Waals surface area contributed by atoms with E-state index in [-0.39, 0.29) is 12.5 Å². The number of aliphatic hydroxyl groups excluding tert-OH is 1. The lowest BCUT2D eigenvalue weighted by molar-refractivity contribution is -0.136. The van der Waals surface area contributed by atoms with Crippen molar-refractivity contribution in [3.8, 4) is 0 Å². The molecule has 3 N–H and O–H groups in total. The second-order valence-corrected chi connectivity index (χ2v) is 5.97. The summed E-state index contributed by atoms with van der Waals surface area (Å²) in [7, 11) is 0. The predicted molar refractivity (Wildman–Crippen MR) is 83.6 cm³/mol. The van der Waals surface area contributed by atoms with Crippen molar-refractivity contribution in [3.05, 3.63) is 28.2 Å². The van der Waals surface area contributed by atoms with Gasteiger partial charge in [-0.3, -0.25) is 9.59 Å². The fourth-order valence-electron chi connectivity index (χ4n) is 1.81. The van der Waals surface area contributed by atoms with Crippen LogP contribution in [0.3, 0.4) is 0 Å². The van der Waals surface area contributed by atoms with E-state index in [4.69, 9.17) is 23.2 Å². The molecule has 0 radical (unpaired) electrons. The number of amides is 2. The maximum atomic E-state index is 11.8. The average molecular weight is 333 g/mol. The Morgan fingerprint density at radius 3 is 2.19 bits per heavy atom. The van der Waals surface area contributed by atoms with E-state index >= 15 is 0 Å². The molecule has 0 bridgehead atoms. The van der Waals surface area contributed by atoms with Gasteiger partial charge in [-0.25, -0.2) is 0 Å². The molecule has 116 valence electrons. The van der Waals surface area contributed by atoms with Crippen LogP contribution in [0.4, 0.5) is 5.69 Å². The van der Waals surface area contributed by atoms with Gasteiger partial charge in [0.05, 0.1) is 12.6 Å². The van der Waals surface area contributed by atoms with Gasteiger partial charge in [0.1, 0.15) is 0 Å². The van der Waals surface area contributed by atoms with E-state index in [1.54, 1.807) is 0 Å². The zero-order chi connectivity index (χ0) is 16.0. The molecule has 1 unspecified atom stereocenters. The Labute approximate surface area is 133 Å². The second-order valence-electron chi connectivity index (χ2n) is 5.09. The first-order valence-corrected chi connectivity index (χ1v) is 7.26. The SMILES string of the molecule is CC(C)CC(CO)NC(=O)C(=O)Nc1cc(Cl)cc(Cl)c1. The number of benzene rings is 1. The molecule has 0 fully saturated rings. The number of aliphatic hydroxyl groups is 1. The molecule has 1 atom stereocenters. The second kappa shape index (κ2) is 8.22. The molecule has 1 aromatic carbocycles. The van der Waals surface area contributed by atoms with Crippen LogP contribution in [0.2, 0.25) is 10.0 Å². The summed E-state index contributed by atoms with van der Waals surface area (Å²) in [5.41, 5.74) is 0.331. The van der Waals surface area contributed by atoms with Crippen molar-refractivity contribution >= 4 is 40.7 Å². The molecule has 5 nitrogen and oxygen atoms in total. The van der Waals surface area contributed by atoms with Gasteiger partial charge in [-0.1, -0.05) is 37.0 Å². The van der Waals surface area contributed by atoms with Crippen LogP contribution in [-0.4, -0.2) is 29.6 Å². The summed E-state index contributed by atoms with van der Waals surface area (Å²) in [6.45, 7) is 3.70. The number of carbonyl (C=O) groups excluding carboxylic acids is 2. The molecule has 0 aromatic heterocycles. The maximum Gasteiger partial charge on any atom is 0.313 e. The van der Waals surface area contributed by atoms with E-state index in [1.807, 2.05) is 13.8 Å². The molecule has 0 saturated heterocycles. The lowest BCUT2D eigenvalue weighted by atomic mass is 10.0. The third kappa shape index (κ3) is 6.33. The van der Waals surface area contributed by atoms with Crippen LogP contribution in [-0.2, 0) is 9.59 Å². The van der Waals surface area contributed by atoms with Crippen molar-refractivity contribution in [1.29, 1.82) is 0 Å². The molecular weight excluding hydrogens is 315 g/mol. The molecule has 0 saturated carbocycles. The molecular formula is C14H18Cl2N2O3. The highest BCUT2D eigenvalue weighted by atomic mass is 35.5. The zero-order valence-electron chi connectivity index (χ0n) is 11.8. The molecule has 0 aliphatic heterocycles. The maximum absolute atomic E-state index is 11.8. The van der Waals surface area contributed by atoms with Crippen molar-refractivity contribution < 1.29 is 14.7 Å². The summed E-state index contributed by atoms with van der Waals surface area (Å²) < 4.78 is 0. The standard InChI is InChI=1S/C14H18Cl2N2O3/c1-8(2)3-12(7-19)18-14(21)13(20)17-11-5-9(15)4-10(16)6-11/h4-6,8,12,19H,3,7H2,1-2H3,(H,17,20)(H,18,21). The molecule has 21 heavy (non-hydrogen) atoms. The van der Waals surface area contributed by atoms with Gasteiger partial charge < -0.3 is 15.7 Å². The Balaban J connectivity index is 2.63. The smallest absolute Gasteiger partial charge is 0.313 e. The van der Waals surface area contributed by atoms with Gasteiger partial charge in [0.25, 0.3) is 0 Å². The van der Waals surface area contributed by atoms with Crippen LogP contribution in [0.5, 0.6) is 0 Å². The Morgan fingerprint density at radius 1 is 1.14 bits per heavy atom. The lowest BCUT2D eigenvalue weighted by Crippen LogP contribution is -2.44. The quantitative estimate of drug-likeness (QED) is 0.724. The van der Waals surface area contributed by atoms with Crippen LogP contribution in [0.25, 0.3) is 0 Å². The zero-order valence-corrected chi connectivity index (χ0v) is 13.3. The summed E-state index contributed by atoms with van der Waals surface area (Å²) in [5.74, 6) is -1.36. The fraction of sp³-hybridized carbons (Fsp3) is 0.429.